The fourth-order valence-electron chi connectivity index (χ4n) is 2.73. The molecule has 1 saturated heterocycles. The first kappa shape index (κ1) is 17.7. The van der Waals surface area contributed by atoms with Crippen molar-refractivity contribution in [1.82, 2.24) is 4.90 Å². The van der Waals surface area contributed by atoms with Gasteiger partial charge in [0.15, 0.2) is 0 Å². The Balaban J connectivity index is 2.28. The van der Waals surface area contributed by atoms with E-state index < -0.39 is 16.1 Å². The highest BCUT2D eigenvalue weighted by Crippen LogP contribution is 2.22. The van der Waals surface area contributed by atoms with Gasteiger partial charge in [-0.15, -0.1) is 0 Å². The van der Waals surface area contributed by atoms with Gasteiger partial charge in [0, 0.05) is 13.1 Å². The van der Waals surface area contributed by atoms with Crippen LogP contribution in [0.5, 0.6) is 0 Å². The number of aryl methyl sites for hydroxylation is 1. The second-order valence-corrected chi connectivity index (χ2v) is 7.55. The second-order valence-electron chi connectivity index (χ2n) is 5.69. The van der Waals surface area contributed by atoms with Crippen LogP contribution in [0.15, 0.2) is 24.3 Å². The van der Waals surface area contributed by atoms with Crippen LogP contribution in [0.2, 0.25) is 0 Å². The third kappa shape index (κ3) is 4.23. The molecule has 128 valence electrons. The molecule has 0 spiro atoms. The van der Waals surface area contributed by atoms with E-state index in [9.17, 15) is 13.2 Å². The van der Waals surface area contributed by atoms with Gasteiger partial charge < -0.3 is 9.64 Å². The highest BCUT2D eigenvalue weighted by Gasteiger charge is 2.32. The third-order valence-corrected chi connectivity index (χ3v) is 5.23. The molecule has 1 amide bonds. The van der Waals surface area contributed by atoms with E-state index in [-0.39, 0.29) is 5.91 Å². The van der Waals surface area contributed by atoms with Crippen molar-refractivity contribution in [2.24, 2.45) is 0 Å². The monoisotopic (exact) mass is 340 g/mol. The fourth-order valence-corrected chi connectivity index (χ4v) is 3.90. The van der Waals surface area contributed by atoms with Crippen molar-refractivity contribution < 1.29 is 17.9 Å². The summed E-state index contributed by atoms with van der Waals surface area (Å²) in [6, 6.07) is 6.50. The molecule has 1 aromatic rings. The molecule has 1 aromatic carbocycles. The number of rotatable bonds is 5. The molecule has 6 nitrogen and oxygen atoms in total. The first-order chi connectivity index (χ1) is 10.8. The van der Waals surface area contributed by atoms with E-state index in [2.05, 4.69) is 0 Å². The lowest BCUT2D eigenvalue weighted by Crippen LogP contribution is -2.52. The molecule has 0 bridgehead atoms. The lowest BCUT2D eigenvalue weighted by atomic mass is 10.1. The van der Waals surface area contributed by atoms with Gasteiger partial charge in [-0.3, -0.25) is 9.10 Å². The summed E-state index contributed by atoms with van der Waals surface area (Å²) in [5.74, 6) is -0.196. The molecular formula is C16H24N2O4S. The smallest absolute Gasteiger partial charge is 0.246 e. The van der Waals surface area contributed by atoms with E-state index in [0.717, 1.165) is 18.2 Å². The standard InChI is InChI=1S/C16H24N2O4S/c1-4-14-5-7-15(8-6-14)18(23(3,20)21)13(2)16(19)17-9-11-22-12-10-17/h5-8,13H,4,9-12H2,1-3H3/t13-/m0/s1. The van der Waals surface area contributed by atoms with Crippen molar-refractivity contribution in [2.75, 3.05) is 36.9 Å². The maximum atomic E-state index is 12.6. The molecule has 0 radical (unpaired) electrons. The number of carbonyl (C=O) groups is 1. The van der Waals surface area contributed by atoms with Crippen LogP contribution in [-0.2, 0) is 26.0 Å². The Morgan fingerprint density at radius 1 is 1.26 bits per heavy atom. The maximum Gasteiger partial charge on any atom is 0.246 e. The summed E-state index contributed by atoms with van der Waals surface area (Å²) in [4.78, 5) is 14.3. The molecule has 2 rings (SSSR count). The Morgan fingerprint density at radius 3 is 2.30 bits per heavy atom. The SMILES string of the molecule is CCc1ccc(N([C@@H](C)C(=O)N2CCOCC2)S(C)(=O)=O)cc1. The normalized spacial score (nSPS) is 16.9. The minimum atomic E-state index is -3.57. The number of sulfonamides is 1. The molecule has 0 unspecified atom stereocenters. The zero-order valence-electron chi connectivity index (χ0n) is 13.9. The minimum absolute atomic E-state index is 0.196. The summed E-state index contributed by atoms with van der Waals surface area (Å²) in [6.45, 7) is 5.64. The summed E-state index contributed by atoms with van der Waals surface area (Å²) >= 11 is 0. The summed E-state index contributed by atoms with van der Waals surface area (Å²) in [6.07, 6.45) is 2.01. The number of ether oxygens (including phenoxy) is 1. The van der Waals surface area contributed by atoms with Crippen molar-refractivity contribution in [3.05, 3.63) is 29.8 Å². The number of amides is 1. The molecule has 0 aliphatic carbocycles. The Morgan fingerprint density at radius 2 is 1.83 bits per heavy atom. The van der Waals surface area contributed by atoms with Crippen molar-refractivity contribution in [3.8, 4) is 0 Å². The van der Waals surface area contributed by atoms with Crippen molar-refractivity contribution in [3.63, 3.8) is 0 Å². The van der Waals surface area contributed by atoms with Crippen molar-refractivity contribution >= 4 is 21.6 Å². The quantitative estimate of drug-likeness (QED) is 0.809. The number of hydrogen-bond donors (Lipinski definition) is 0. The largest absolute Gasteiger partial charge is 0.378 e. The zero-order chi connectivity index (χ0) is 17.0. The molecule has 0 N–H and O–H groups in total. The van der Waals surface area contributed by atoms with Gasteiger partial charge in [-0.1, -0.05) is 19.1 Å². The average molecular weight is 340 g/mol. The molecule has 1 aliphatic rings. The van der Waals surface area contributed by atoms with Crippen LogP contribution in [0.4, 0.5) is 5.69 Å². The van der Waals surface area contributed by atoms with Crippen LogP contribution in [0, 0.1) is 0 Å². The van der Waals surface area contributed by atoms with E-state index in [4.69, 9.17) is 4.74 Å². The van der Waals surface area contributed by atoms with Crippen LogP contribution in [0.25, 0.3) is 0 Å². The highest BCUT2D eigenvalue weighted by atomic mass is 32.2. The average Bonchev–Trinajstić information content (AvgIpc) is 2.54. The molecule has 1 atom stereocenters. The lowest BCUT2D eigenvalue weighted by molar-refractivity contribution is -0.136. The van der Waals surface area contributed by atoms with Crippen LogP contribution in [-0.4, -0.2) is 57.8 Å². The van der Waals surface area contributed by atoms with Gasteiger partial charge >= 0.3 is 0 Å². The second kappa shape index (κ2) is 7.31. The predicted octanol–water partition coefficient (Wildman–Crippen LogP) is 1.26. The van der Waals surface area contributed by atoms with Gasteiger partial charge in [-0.2, -0.15) is 0 Å². The number of carbonyl (C=O) groups excluding carboxylic acids is 1. The van der Waals surface area contributed by atoms with E-state index >= 15 is 0 Å². The van der Waals surface area contributed by atoms with Gasteiger partial charge in [0.1, 0.15) is 6.04 Å². The molecular weight excluding hydrogens is 316 g/mol. The first-order valence-electron chi connectivity index (χ1n) is 7.79. The Hall–Kier alpha value is -1.60. The molecule has 1 heterocycles. The Labute approximate surface area is 138 Å². The molecule has 7 heteroatoms. The van der Waals surface area contributed by atoms with Crippen LogP contribution in [0.3, 0.4) is 0 Å². The highest BCUT2D eigenvalue weighted by molar-refractivity contribution is 7.92. The molecule has 23 heavy (non-hydrogen) atoms. The number of anilines is 1. The van der Waals surface area contributed by atoms with Gasteiger partial charge in [-0.05, 0) is 31.0 Å². The van der Waals surface area contributed by atoms with Gasteiger partial charge in [0.2, 0.25) is 15.9 Å². The van der Waals surface area contributed by atoms with E-state index in [1.54, 1.807) is 24.0 Å². The maximum absolute atomic E-state index is 12.6. The Bertz CT molecular complexity index is 637. The molecule has 1 aliphatic heterocycles. The zero-order valence-corrected chi connectivity index (χ0v) is 14.7. The van der Waals surface area contributed by atoms with E-state index in [0.29, 0.717) is 32.0 Å². The van der Waals surface area contributed by atoms with Crippen LogP contribution < -0.4 is 4.31 Å². The minimum Gasteiger partial charge on any atom is -0.378 e. The summed E-state index contributed by atoms with van der Waals surface area (Å²) < 4.78 is 30.9. The topological polar surface area (TPSA) is 66.9 Å². The van der Waals surface area contributed by atoms with E-state index in [1.807, 2.05) is 19.1 Å². The van der Waals surface area contributed by atoms with Gasteiger partial charge in [-0.25, -0.2) is 8.42 Å². The van der Waals surface area contributed by atoms with Crippen molar-refractivity contribution in [2.45, 2.75) is 26.3 Å². The van der Waals surface area contributed by atoms with Gasteiger partial charge in [0.05, 0.1) is 25.2 Å². The van der Waals surface area contributed by atoms with Crippen LogP contribution >= 0.6 is 0 Å². The van der Waals surface area contributed by atoms with E-state index in [1.165, 1.54) is 4.31 Å². The number of nitrogens with zero attached hydrogens (tertiary/aromatic N) is 2. The first-order valence-corrected chi connectivity index (χ1v) is 9.64. The third-order valence-electron chi connectivity index (χ3n) is 3.99. The molecule has 0 saturated carbocycles. The summed E-state index contributed by atoms with van der Waals surface area (Å²) in [5, 5.41) is 0. The number of benzene rings is 1. The lowest BCUT2D eigenvalue weighted by Gasteiger charge is -2.34. The molecule has 0 aromatic heterocycles. The Kier molecular flexibility index (Phi) is 5.64. The summed E-state index contributed by atoms with van der Waals surface area (Å²) in [5.41, 5.74) is 1.63. The predicted molar refractivity (Wildman–Crippen MR) is 90.0 cm³/mol. The fraction of sp³-hybridized carbons (Fsp3) is 0.562. The molecule has 1 fully saturated rings. The van der Waals surface area contributed by atoms with Gasteiger partial charge in [0.25, 0.3) is 0 Å². The summed E-state index contributed by atoms with van der Waals surface area (Å²) in [7, 11) is -3.57. The van der Waals surface area contributed by atoms with Crippen LogP contribution in [0.1, 0.15) is 19.4 Å². The van der Waals surface area contributed by atoms with Crippen molar-refractivity contribution in [1.29, 1.82) is 0 Å². The number of morpholine rings is 1. The number of hydrogen-bond acceptors (Lipinski definition) is 4.